The fourth-order valence-electron chi connectivity index (χ4n) is 2.63. The highest BCUT2D eigenvalue weighted by Gasteiger charge is 2.22. The van der Waals surface area contributed by atoms with Crippen LogP contribution in [0.2, 0.25) is 5.02 Å². The number of carbonyl (C=O) groups is 1. The maximum atomic E-state index is 12.8. The molecular weight excluding hydrogens is 400 g/mol. The third kappa shape index (κ3) is 4.62. The number of nitrogens with zero attached hydrogens (tertiary/aromatic N) is 1. The van der Waals surface area contributed by atoms with Gasteiger partial charge in [0.15, 0.2) is 0 Å². The lowest BCUT2D eigenvalue weighted by Crippen LogP contribution is -2.26. The number of benzene rings is 2. The number of hydrogen-bond donors (Lipinski definition) is 1. The molecule has 0 unspecified atom stereocenters. The van der Waals surface area contributed by atoms with Crippen molar-refractivity contribution in [1.29, 1.82) is 0 Å². The molecule has 0 fully saturated rings. The van der Waals surface area contributed by atoms with Crippen LogP contribution in [0.25, 0.3) is 11.3 Å². The van der Waals surface area contributed by atoms with Crippen molar-refractivity contribution >= 4 is 33.2 Å². The van der Waals surface area contributed by atoms with Crippen LogP contribution in [-0.4, -0.2) is 25.7 Å². The van der Waals surface area contributed by atoms with E-state index in [1.807, 2.05) is 12.1 Å². The Bertz CT molecular complexity index is 1070. The van der Waals surface area contributed by atoms with Crippen LogP contribution in [0.5, 0.6) is 0 Å². The maximum Gasteiger partial charge on any atom is 0.243 e. The fourth-order valence-corrected chi connectivity index (χ4v) is 3.89. The molecule has 1 amide bonds. The van der Waals surface area contributed by atoms with Crippen molar-refractivity contribution in [3.8, 4) is 11.3 Å². The summed E-state index contributed by atoms with van der Waals surface area (Å²) in [6.45, 7) is 1.48. The van der Waals surface area contributed by atoms with Gasteiger partial charge in [0.05, 0.1) is 11.4 Å². The van der Waals surface area contributed by atoms with Crippen LogP contribution in [0.15, 0.2) is 70.0 Å². The predicted molar refractivity (Wildman–Crippen MR) is 109 cm³/mol. The SMILES string of the molecule is CC(=O)Nc1ccc(S(=O)(=O)N(C)Cc2ccc(-c3ccc(Cl)cc3)o2)cc1. The molecular formula is C20H19ClN2O4S. The summed E-state index contributed by atoms with van der Waals surface area (Å²) in [7, 11) is -2.21. The molecule has 3 aromatic rings. The normalized spacial score (nSPS) is 11.6. The van der Waals surface area contributed by atoms with Crippen molar-refractivity contribution in [2.75, 3.05) is 12.4 Å². The van der Waals surface area contributed by atoms with E-state index in [-0.39, 0.29) is 17.3 Å². The lowest BCUT2D eigenvalue weighted by atomic mass is 10.2. The quantitative estimate of drug-likeness (QED) is 0.644. The van der Waals surface area contributed by atoms with E-state index in [0.717, 1.165) is 5.56 Å². The largest absolute Gasteiger partial charge is 0.460 e. The second kappa shape index (κ2) is 8.18. The molecule has 2 aromatic carbocycles. The molecule has 6 nitrogen and oxygen atoms in total. The Morgan fingerprint density at radius 2 is 1.68 bits per heavy atom. The molecule has 0 saturated heterocycles. The van der Waals surface area contributed by atoms with Crippen molar-refractivity contribution in [2.24, 2.45) is 0 Å². The molecule has 1 aromatic heterocycles. The second-order valence-electron chi connectivity index (χ2n) is 6.24. The molecule has 146 valence electrons. The standard InChI is InChI=1S/C20H19ClN2O4S/c1-14(24)22-17-7-10-19(11-8-17)28(25,26)23(2)13-18-9-12-20(27-18)15-3-5-16(21)6-4-15/h3-12H,13H2,1-2H3,(H,22,24). The van der Waals surface area contributed by atoms with Crippen molar-refractivity contribution in [2.45, 2.75) is 18.4 Å². The number of hydrogen-bond acceptors (Lipinski definition) is 4. The second-order valence-corrected chi connectivity index (χ2v) is 8.72. The van der Waals surface area contributed by atoms with E-state index in [2.05, 4.69) is 5.32 Å². The van der Waals surface area contributed by atoms with Gasteiger partial charge in [0.2, 0.25) is 15.9 Å². The number of halogens is 1. The van der Waals surface area contributed by atoms with Gasteiger partial charge < -0.3 is 9.73 Å². The van der Waals surface area contributed by atoms with E-state index in [0.29, 0.717) is 22.2 Å². The Morgan fingerprint density at radius 1 is 1.04 bits per heavy atom. The Balaban J connectivity index is 1.74. The van der Waals surface area contributed by atoms with Crippen molar-refractivity contribution in [3.05, 3.63) is 71.4 Å². The molecule has 0 spiro atoms. The summed E-state index contributed by atoms with van der Waals surface area (Å²) in [6.07, 6.45) is 0. The van der Waals surface area contributed by atoms with E-state index < -0.39 is 10.0 Å². The lowest BCUT2D eigenvalue weighted by Gasteiger charge is -2.16. The van der Waals surface area contributed by atoms with Crippen LogP contribution < -0.4 is 5.32 Å². The fraction of sp³-hybridized carbons (Fsp3) is 0.150. The number of rotatable bonds is 6. The Kier molecular flexibility index (Phi) is 5.88. The number of sulfonamides is 1. The van der Waals surface area contributed by atoms with Gasteiger partial charge in [0.1, 0.15) is 11.5 Å². The summed E-state index contributed by atoms with van der Waals surface area (Å²) in [6, 6.07) is 16.7. The molecule has 0 saturated carbocycles. The molecule has 28 heavy (non-hydrogen) atoms. The summed E-state index contributed by atoms with van der Waals surface area (Å²) < 4.78 is 32.5. The van der Waals surface area contributed by atoms with Gasteiger partial charge in [-0.15, -0.1) is 0 Å². The topological polar surface area (TPSA) is 79.6 Å². The van der Waals surface area contributed by atoms with Crippen molar-refractivity contribution in [3.63, 3.8) is 0 Å². The molecule has 0 aliphatic carbocycles. The first-order chi connectivity index (χ1) is 13.3. The summed E-state index contributed by atoms with van der Waals surface area (Å²) >= 11 is 5.89. The molecule has 0 atom stereocenters. The first kappa shape index (κ1) is 20.1. The van der Waals surface area contributed by atoms with Crippen molar-refractivity contribution < 1.29 is 17.6 Å². The van der Waals surface area contributed by atoms with Gasteiger partial charge in [-0.3, -0.25) is 4.79 Å². The Labute approximate surface area is 168 Å². The summed E-state index contributed by atoms with van der Waals surface area (Å²) in [5.41, 5.74) is 1.39. The molecule has 1 heterocycles. The smallest absolute Gasteiger partial charge is 0.243 e. The first-order valence-electron chi connectivity index (χ1n) is 8.44. The van der Waals surface area contributed by atoms with Crippen LogP contribution in [0.4, 0.5) is 5.69 Å². The molecule has 0 bridgehead atoms. The molecule has 8 heteroatoms. The van der Waals surface area contributed by atoms with E-state index in [1.165, 1.54) is 30.4 Å². The summed E-state index contributed by atoms with van der Waals surface area (Å²) in [5.74, 6) is 0.935. The van der Waals surface area contributed by atoms with Gasteiger partial charge in [-0.05, 0) is 60.7 Å². The highest BCUT2D eigenvalue weighted by atomic mass is 35.5. The Hall–Kier alpha value is -2.61. The average molecular weight is 419 g/mol. The van der Waals surface area contributed by atoms with E-state index in [4.69, 9.17) is 16.0 Å². The number of furan rings is 1. The third-order valence-electron chi connectivity index (χ3n) is 4.05. The van der Waals surface area contributed by atoms with Crippen LogP contribution >= 0.6 is 11.6 Å². The average Bonchev–Trinajstić information content (AvgIpc) is 3.10. The minimum absolute atomic E-state index is 0.0867. The number of nitrogens with one attached hydrogen (secondary N) is 1. The van der Waals surface area contributed by atoms with Gasteiger partial charge in [0.25, 0.3) is 0 Å². The minimum Gasteiger partial charge on any atom is -0.460 e. The highest BCUT2D eigenvalue weighted by molar-refractivity contribution is 7.89. The van der Waals surface area contributed by atoms with Gasteiger partial charge >= 0.3 is 0 Å². The molecule has 3 rings (SSSR count). The van der Waals surface area contributed by atoms with Gasteiger partial charge in [-0.2, -0.15) is 4.31 Å². The van der Waals surface area contributed by atoms with Gasteiger partial charge in [0, 0.05) is 30.2 Å². The molecule has 1 N–H and O–H groups in total. The minimum atomic E-state index is -3.70. The number of amides is 1. The van der Waals surface area contributed by atoms with Gasteiger partial charge in [-0.25, -0.2) is 8.42 Å². The monoisotopic (exact) mass is 418 g/mol. The summed E-state index contributed by atoms with van der Waals surface area (Å²) in [4.78, 5) is 11.2. The third-order valence-corrected chi connectivity index (χ3v) is 6.12. The zero-order chi connectivity index (χ0) is 20.3. The number of carbonyl (C=O) groups excluding carboxylic acids is 1. The number of anilines is 1. The zero-order valence-electron chi connectivity index (χ0n) is 15.3. The van der Waals surface area contributed by atoms with Gasteiger partial charge in [-0.1, -0.05) is 11.6 Å². The summed E-state index contributed by atoms with van der Waals surface area (Å²) in [5, 5.41) is 3.23. The zero-order valence-corrected chi connectivity index (χ0v) is 16.9. The maximum absolute atomic E-state index is 12.8. The van der Waals surface area contributed by atoms with Crippen molar-refractivity contribution in [1.82, 2.24) is 4.31 Å². The van der Waals surface area contributed by atoms with Crippen LogP contribution in [0, 0.1) is 0 Å². The van der Waals surface area contributed by atoms with E-state index in [1.54, 1.807) is 36.4 Å². The Morgan fingerprint density at radius 3 is 2.29 bits per heavy atom. The highest BCUT2D eigenvalue weighted by Crippen LogP contribution is 2.25. The molecule has 0 aliphatic heterocycles. The first-order valence-corrected chi connectivity index (χ1v) is 10.3. The molecule has 0 radical (unpaired) electrons. The van der Waals surface area contributed by atoms with E-state index in [9.17, 15) is 13.2 Å². The molecule has 0 aliphatic rings. The lowest BCUT2D eigenvalue weighted by molar-refractivity contribution is -0.114. The van der Waals surface area contributed by atoms with E-state index >= 15 is 0 Å². The van der Waals surface area contributed by atoms with Crippen LogP contribution in [0.1, 0.15) is 12.7 Å². The predicted octanol–water partition coefficient (Wildman–Crippen LogP) is 4.38. The van der Waals surface area contributed by atoms with Crippen LogP contribution in [-0.2, 0) is 21.4 Å². The van der Waals surface area contributed by atoms with Crippen LogP contribution in [0.3, 0.4) is 0 Å².